The molecule has 1 aromatic rings. The van der Waals surface area contributed by atoms with Crippen LogP contribution in [0.25, 0.3) is 0 Å². The lowest BCUT2D eigenvalue weighted by molar-refractivity contribution is 0.0641. The van der Waals surface area contributed by atoms with Gasteiger partial charge >= 0.3 is 0 Å². The highest BCUT2D eigenvalue weighted by molar-refractivity contribution is 5.31. The van der Waals surface area contributed by atoms with Gasteiger partial charge in [0.15, 0.2) is 0 Å². The Morgan fingerprint density at radius 2 is 1.83 bits per heavy atom. The lowest BCUT2D eigenvalue weighted by Gasteiger charge is -2.11. The highest BCUT2D eigenvalue weighted by Gasteiger charge is 2.01. The summed E-state index contributed by atoms with van der Waals surface area (Å²) in [5.41, 5.74) is 0. The van der Waals surface area contributed by atoms with Crippen molar-refractivity contribution < 1.29 is 19.3 Å². The van der Waals surface area contributed by atoms with Crippen molar-refractivity contribution in [2.45, 2.75) is 6.10 Å². The Hall–Kier alpha value is -1.30. The minimum absolute atomic E-state index is 0.340. The Balaban J connectivity index is 2.10. The first-order chi connectivity index (χ1) is 8.76. The van der Waals surface area contributed by atoms with Crippen molar-refractivity contribution in [2.24, 2.45) is 0 Å². The number of hydrogen-bond acceptors (Lipinski definition) is 5. The van der Waals surface area contributed by atoms with Gasteiger partial charge in [0.2, 0.25) is 0 Å². The summed E-state index contributed by atoms with van der Waals surface area (Å²) in [5.74, 6) is 1.61. The standard InChI is InChI=1S/C13H21NO4/c1-16-10-11(15)9-14-7-8-18-13-5-3-12(17-2)4-6-13/h3-6,11,14-15H,7-10H2,1-2H3. The molecular weight excluding hydrogens is 234 g/mol. The average molecular weight is 255 g/mol. The Kier molecular flexibility index (Phi) is 7.17. The van der Waals surface area contributed by atoms with Crippen LogP contribution in [0.1, 0.15) is 0 Å². The first-order valence-corrected chi connectivity index (χ1v) is 5.91. The van der Waals surface area contributed by atoms with E-state index in [9.17, 15) is 5.11 Å². The van der Waals surface area contributed by atoms with Crippen LogP contribution in [0.3, 0.4) is 0 Å². The maximum atomic E-state index is 9.38. The molecule has 5 heteroatoms. The molecule has 0 amide bonds. The number of benzene rings is 1. The summed E-state index contributed by atoms with van der Waals surface area (Å²) in [4.78, 5) is 0. The van der Waals surface area contributed by atoms with Gasteiger partial charge in [0.05, 0.1) is 19.8 Å². The second-order valence-electron chi connectivity index (χ2n) is 3.84. The van der Waals surface area contributed by atoms with Crippen molar-refractivity contribution in [3.63, 3.8) is 0 Å². The molecule has 0 aliphatic carbocycles. The fraction of sp³-hybridized carbons (Fsp3) is 0.538. The molecule has 102 valence electrons. The molecule has 0 heterocycles. The van der Waals surface area contributed by atoms with Crippen LogP contribution in [-0.2, 0) is 4.74 Å². The van der Waals surface area contributed by atoms with Gasteiger partial charge in [-0.1, -0.05) is 0 Å². The molecule has 0 aliphatic heterocycles. The van der Waals surface area contributed by atoms with Crippen LogP contribution in [-0.4, -0.2) is 51.7 Å². The summed E-state index contributed by atoms with van der Waals surface area (Å²) >= 11 is 0. The summed E-state index contributed by atoms with van der Waals surface area (Å²) in [7, 11) is 3.20. The molecule has 0 spiro atoms. The minimum atomic E-state index is -0.476. The molecule has 1 unspecified atom stereocenters. The van der Waals surface area contributed by atoms with E-state index in [0.29, 0.717) is 26.3 Å². The maximum absolute atomic E-state index is 9.38. The second kappa shape index (κ2) is 8.74. The number of rotatable bonds is 9. The summed E-state index contributed by atoms with van der Waals surface area (Å²) in [6.45, 7) is 2.06. The van der Waals surface area contributed by atoms with Crippen LogP contribution in [0.2, 0.25) is 0 Å². The van der Waals surface area contributed by atoms with E-state index in [1.54, 1.807) is 14.2 Å². The van der Waals surface area contributed by atoms with Gasteiger partial charge < -0.3 is 24.6 Å². The first-order valence-electron chi connectivity index (χ1n) is 5.91. The van der Waals surface area contributed by atoms with Gasteiger partial charge in [-0.3, -0.25) is 0 Å². The highest BCUT2D eigenvalue weighted by atomic mass is 16.5. The van der Waals surface area contributed by atoms with Gasteiger partial charge in [0.1, 0.15) is 18.1 Å². The number of aliphatic hydroxyl groups excluding tert-OH is 1. The third-order valence-electron chi connectivity index (χ3n) is 2.35. The molecule has 18 heavy (non-hydrogen) atoms. The summed E-state index contributed by atoms with van der Waals surface area (Å²) in [5, 5.41) is 12.5. The Morgan fingerprint density at radius 1 is 1.17 bits per heavy atom. The van der Waals surface area contributed by atoms with Gasteiger partial charge in [-0.25, -0.2) is 0 Å². The molecule has 0 saturated carbocycles. The van der Waals surface area contributed by atoms with Crippen LogP contribution in [0, 0.1) is 0 Å². The van der Waals surface area contributed by atoms with E-state index in [2.05, 4.69) is 5.32 Å². The van der Waals surface area contributed by atoms with Crippen molar-refractivity contribution in [1.82, 2.24) is 5.32 Å². The second-order valence-corrected chi connectivity index (χ2v) is 3.84. The van der Waals surface area contributed by atoms with Crippen molar-refractivity contribution in [2.75, 3.05) is 40.5 Å². The third-order valence-corrected chi connectivity index (χ3v) is 2.35. The van der Waals surface area contributed by atoms with Gasteiger partial charge in [0.25, 0.3) is 0 Å². The van der Waals surface area contributed by atoms with Crippen LogP contribution >= 0.6 is 0 Å². The predicted molar refractivity (Wildman–Crippen MR) is 69.2 cm³/mol. The van der Waals surface area contributed by atoms with E-state index >= 15 is 0 Å². The summed E-state index contributed by atoms with van der Waals surface area (Å²) < 4.78 is 15.4. The molecule has 1 rings (SSSR count). The quantitative estimate of drug-likeness (QED) is 0.635. The van der Waals surface area contributed by atoms with Gasteiger partial charge in [-0.2, -0.15) is 0 Å². The molecule has 0 fully saturated rings. The molecule has 0 saturated heterocycles. The van der Waals surface area contributed by atoms with Gasteiger partial charge in [-0.05, 0) is 24.3 Å². The molecule has 0 aliphatic rings. The van der Waals surface area contributed by atoms with Gasteiger partial charge in [-0.15, -0.1) is 0 Å². The van der Waals surface area contributed by atoms with E-state index < -0.39 is 6.10 Å². The first kappa shape index (κ1) is 14.8. The van der Waals surface area contributed by atoms with E-state index in [1.807, 2.05) is 24.3 Å². The number of aliphatic hydroxyl groups is 1. The monoisotopic (exact) mass is 255 g/mol. The normalized spacial score (nSPS) is 12.2. The van der Waals surface area contributed by atoms with E-state index in [4.69, 9.17) is 14.2 Å². The van der Waals surface area contributed by atoms with Crippen LogP contribution in [0.15, 0.2) is 24.3 Å². The third kappa shape index (κ3) is 5.86. The number of nitrogens with one attached hydrogen (secondary N) is 1. The Bertz CT molecular complexity index is 315. The largest absolute Gasteiger partial charge is 0.497 e. The fourth-order valence-corrected chi connectivity index (χ4v) is 1.43. The molecule has 5 nitrogen and oxygen atoms in total. The highest BCUT2D eigenvalue weighted by Crippen LogP contribution is 2.16. The summed E-state index contributed by atoms with van der Waals surface area (Å²) in [6, 6.07) is 7.42. The molecule has 0 aromatic heterocycles. The Labute approximate surface area is 108 Å². The Morgan fingerprint density at radius 3 is 2.44 bits per heavy atom. The number of ether oxygens (including phenoxy) is 3. The zero-order chi connectivity index (χ0) is 13.2. The lowest BCUT2D eigenvalue weighted by Crippen LogP contribution is -2.32. The smallest absolute Gasteiger partial charge is 0.119 e. The van der Waals surface area contributed by atoms with Crippen molar-refractivity contribution in [1.29, 1.82) is 0 Å². The maximum Gasteiger partial charge on any atom is 0.119 e. The predicted octanol–water partition coefficient (Wildman–Crippen LogP) is 0.671. The van der Waals surface area contributed by atoms with Gasteiger partial charge in [0, 0.05) is 20.2 Å². The SMILES string of the molecule is COCC(O)CNCCOc1ccc(OC)cc1. The average Bonchev–Trinajstić information content (AvgIpc) is 2.39. The van der Waals surface area contributed by atoms with Crippen LogP contribution in [0.5, 0.6) is 11.5 Å². The lowest BCUT2D eigenvalue weighted by atomic mass is 10.3. The molecule has 0 radical (unpaired) electrons. The van der Waals surface area contributed by atoms with E-state index in [-0.39, 0.29) is 0 Å². The van der Waals surface area contributed by atoms with E-state index in [0.717, 1.165) is 11.5 Å². The number of hydrogen-bond donors (Lipinski definition) is 2. The summed E-state index contributed by atoms with van der Waals surface area (Å²) in [6.07, 6.45) is -0.476. The van der Waals surface area contributed by atoms with Crippen molar-refractivity contribution in [3.8, 4) is 11.5 Å². The zero-order valence-corrected chi connectivity index (χ0v) is 10.9. The topological polar surface area (TPSA) is 60.0 Å². The number of methoxy groups -OCH3 is 2. The molecular formula is C13H21NO4. The van der Waals surface area contributed by atoms with E-state index in [1.165, 1.54) is 0 Å². The molecule has 1 aromatic carbocycles. The fourth-order valence-electron chi connectivity index (χ4n) is 1.43. The molecule has 0 bridgehead atoms. The zero-order valence-electron chi connectivity index (χ0n) is 10.9. The minimum Gasteiger partial charge on any atom is -0.497 e. The van der Waals surface area contributed by atoms with Crippen LogP contribution < -0.4 is 14.8 Å². The van der Waals surface area contributed by atoms with Crippen molar-refractivity contribution in [3.05, 3.63) is 24.3 Å². The van der Waals surface area contributed by atoms with Crippen LogP contribution in [0.4, 0.5) is 0 Å². The van der Waals surface area contributed by atoms with Crippen molar-refractivity contribution >= 4 is 0 Å². The molecule has 2 N–H and O–H groups in total. The molecule has 1 atom stereocenters.